The highest BCUT2D eigenvalue weighted by Gasteiger charge is 2.28. The molecule has 7 heteroatoms. The van der Waals surface area contributed by atoms with E-state index in [2.05, 4.69) is 4.98 Å². The number of rotatable bonds is 2. The van der Waals surface area contributed by atoms with E-state index >= 15 is 0 Å². The van der Waals surface area contributed by atoms with Crippen LogP contribution in [0, 0.1) is 17.6 Å². The van der Waals surface area contributed by atoms with Crippen LogP contribution in [0.1, 0.15) is 6.92 Å². The molecule has 0 amide bonds. The molecule has 1 aromatic heterocycles. The first-order chi connectivity index (χ1) is 8.51. The fourth-order valence-corrected chi connectivity index (χ4v) is 1.98. The van der Waals surface area contributed by atoms with Gasteiger partial charge in [0.15, 0.2) is 17.5 Å². The minimum Gasteiger partial charge on any atom is -0.394 e. The second kappa shape index (κ2) is 5.11. The number of hydrogen-bond donors (Lipinski definition) is 1. The Labute approximate surface area is 102 Å². The summed E-state index contributed by atoms with van der Waals surface area (Å²) in [5.41, 5.74) is 0. The van der Waals surface area contributed by atoms with Crippen molar-refractivity contribution in [2.75, 3.05) is 24.6 Å². The molecule has 1 aromatic rings. The van der Waals surface area contributed by atoms with Gasteiger partial charge < -0.3 is 14.7 Å². The summed E-state index contributed by atoms with van der Waals surface area (Å²) in [5.74, 6) is -3.86. The second-order valence-corrected chi connectivity index (χ2v) is 4.22. The maximum Gasteiger partial charge on any atom is 0.251 e. The number of aliphatic hydroxyl groups excluding tert-OH is 1. The van der Waals surface area contributed by atoms with Crippen LogP contribution < -0.4 is 4.90 Å². The van der Waals surface area contributed by atoms with Gasteiger partial charge in [-0.25, -0.2) is 8.78 Å². The fraction of sp³-hybridized carbons (Fsp3) is 0.545. The van der Waals surface area contributed by atoms with Crippen molar-refractivity contribution in [2.24, 2.45) is 0 Å². The SMILES string of the molecule is CC1CN(c2nc(F)c(F)cc2F)CC(CO)O1. The standard InChI is InChI=1S/C11H13F3N2O2/c1-6-3-16(4-7(5-17)18-6)11-9(13)2-8(12)10(14)15-11/h2,6-7,17H,3-5H2,1H3. The largest absolute Gasteiger partial charge is 0.394 e. The summed E-state index contributed by atoms with van der Waals surface area (Å²) in [4.78, 5) is 4.71. The number of morpholine rings is 1. The third-order valence-electron chi connectivity index (χ3n) is 2.70. The molecule has 1 saturated heterocycles. The summed E-state index contributed by atoms with van der Waals surface area (Å²) in [6.07, 6.45) is -0.756. The number of anilines is 1. The Kier molecular flexibility index (Phi) is 3.72. The molecule has 1 aliphatic heterocycles. The van der Waals surface area contributed by atoms with Crippen LogP contribution in [0.3, 0.4) is 0 Å². The Balaban J connectivity index is 2.27. The third-order valence-corrected chi connectivity index (χ3v) is 2.70. The third kappa shape index (κ3) is 2.56. The molecule has 0 aliphatic carbocycles. The quantitative estimate of drug-likeness (QED) is 0.810. The number of hydrogen-bond acceptors (Lipinski definition) is 4. The van der Waals surface area contributed by atoms with Crippen molar-refractivity contribution in [3.05, 3.63) is 23.6 Å². The summed E-state index contributed by atoms with van der Waals surface area (Å²) < 4.78 is 44.7. The van der Waals surface area contributed by atoms with Gasteiger partial charge in [-0.2, -0.15) is 9.37 Å². The summed E-state index contributed by atoms with van der Waals surface area (Å²) in [6, 6.07) is 0.464. The molecule has 0 radical (unpaired) electrons. The molecule has 1 fully saturated rings. The van der Waals surface area contributed by atoms with Gasteiger partial charge in [-0.05, 0) is 6.92 Å². The first-order valence-electron chi connectivity index (χ1n) is 5.54. The lowest BCUT2D eigenvalue weighted by Crippen LogP contribution is -2.48. The van der Waals surface area contributed by atoms with Crippen LogP contribution in [-0.4, -0.2) is 42.0 Å². The van der Waals surface area contributed by atoms with Gasteiger partial charge in [-0.3, -0.25) is 0 Å². The number of nitrogens with zero attached hydrogens (tertiary/aromatic N) is 2. The molecule has 1 aliphatic rings. The van der Waals surface area contributed by atoms with E-state index in [1.165, 1.54) is 4.90 Å². The van der Waals surface area contributed by atoms with E-state index in [9.17, 15) is 13.2 Å². The Morgan fingerprint density at radius 3 is 2.78 bits per heavy atom. The van der Waals surface area contributed by atoms with Crippen molar-refractivity contribution in [1.82, 2.24) is 4.98 Å². The highest BCUT2D eigenvalue weighted by Crippen LogP contribution is 2.22. The van der Waals surface area contributed by atoms with Crippen LogP contribution >= 0.6 is 0 Å². The number of aliphatic hydroxyl groups is 1. The van der Waals surface area contributed by atoms with Gasteiger partial charge in [0.1, 0.15) is 0 Å². The summed E-state index contributed by atoms with van der Waals surface area (Å²) >= 11 is 0. The smallest absolute Gasteiger partial charge is 0.251 e. The van der Waals surface area contributed by atoms with Gasteiger partial charge >= 0.3 is 0 Å². The lowest BCUT2D eigenvalue weighted by Gasteiger charge is -2.36. The summed E-state index contributed by atoms with van der Waals surface area (Å²) in [7, 11) is 0. The average Bonchev–Trinajstić information content (AvgIpc) is 2.33. The van der Waals surface area contributed by atoms with Crippen LogP contribution in [0.5, 0.6) is 0 Å². The molecule has 0 saturated carbocycles. The average molecular weight is 262 g/mol. The zero-order chi connectivity index (χ0) is 13.3. The van der Waals surface area contributed by atoms with Crippen LogP contribution in [0.15, 0.2) is 6.07 Å². The van der Waals surface area contributed by atoms with Crippen molar-refractivity contribution in [1.29, 1.82) is 0 Å². The topological polar surface area (TPSA) is 45.6 Å². The highest BCUT2D eigenvalue weighted by molar-refractivity contribution is 5.41. The highest BCUT2D eigenvalue weighted by atomic mass is 19.2. The van der Waals surface area contributed by atoms with E-state index in [4.69, 9.17) is 9.84 Å². The fourth-order valence-electron chi connectivity index (χ4n) is 1.98. The molecule has 4 nitrogen and oxygen atoms in total. The maximum absolute atomic E-state index is 13.6. The molecular weight excluding hydrogens is 249 g/mol. The molecular formula is C11H13F3N2O2. The zero-order valence-electron chi connectivity index (χ0n) is 9.74. The van der Waals surface area contributed by atoms with E-state index in [1.54, 1.807) is 6.92 Å². The van der Waals surface area contributed by atoms with E-state index in [1.807, 2.05) is 0 Å². The monoisotopic (exact) mass is 262 g/mol. The van der Waals surface area contributed by atoms with Crippen molar-refractivity contribution in [2.45, 2.75) is 19.1 Å². The molecule has 0 aromatic carbocycles. The van der Waals surface area contributed by atoms with Gasteiger partial charge in [0.05, 0.1) is 18.8 Å². The minimum absolute atomic E-state index is 0.176. The molecule has 2 heterocycles. The number of aromatic nitrogens is 1. The molecule has 2 unspecified atom stereocenters. The first kappa shape index (κ1) is 13.1. The molecule has 2 rings (SSSR count). The van der Waals surface area contributed by atoms with Gasteiger partial charge in [0, 0.05) is 19.2 Å². The number of halogens is 3. The van der Waals surface area contributed by atoms with E-state index in [-0.39, 0.29) is 25.1 Å². The molecule has 0 bridgehead atoms. The Morgan fingerprint density at radius 1 is 1.39 bits per heavy atom. The number of ether oxygens (including phenoxy) is 1. The Hall–Kier alpha value is -1.34. The predicted octanol–water partition coefficient (Wildman–Crippen LogP) is 1.08. The minimum atomic E-state index is -1.34. The van der Waals surface area contributed by atoms with Gasteiger partial charge in [0.25, 0.3) is 5.95 Å². The molecule has 0 spiro atoms. The molecule has 100 valence electrons. The number of pyridine rings is 1. The van der Waals surface area contributed by atoms with Gasteiger partial charge in [0.2, 0.25) is 0 Å². The van der Waals surface area contributed by atoms with Crippen LogP contribution in [-0.2, 0) is 4.74 Å². The van der Waals surface area contributed by atoms with Crippen LogP contribution in [0.25, 0.3) is 0 Å². The van der Waals surface area contributed by atoms with E-state index < -0.39 is 23.7 Å². The van der Waals surface area contributed by atoms with E-state index in [0.717, 1.165) is 0 Å². The maximum atomic E-state index is 13.6. The van der Waals surface area contributed by atoms with Crippen LogP contribution in [0.2, 0.25) is 0 Å². The van der Waals surface area contributed by atoms with Crippen molar-refractivity contribution in [3.63, 3.8) is 0 Å². The van der Waals surface area contributed by atoms with Crippen molar-refractivity contribution in [3.8, 4) is 0 Å². The second-order valence-electron chi connectivity index (χ2n) is 4.22. The Morgan fingerprint density at radius 2 is 2.11 bits per heavy atom. The molecule has 1 N–H and O–H groups in total. The van der Waals surface area contributed by atoms with Gasteiger partial charge in [-0.15, -0.1) is 0 Å². The summed E-state index contributed by atoms with van der Waals surface area (Å²) in [5, 5.41) is 9.04. The van der Waals surface area contributed by atoms with Crippen LogP contribution in [0.4, 0.5) is 19.0 Å². The predicted molar refractivity (Wildman–Crippen MR) is 57.7 cm³/mol. The lowest BCUT2D eigenvalue weighted by atomic mass is 10.2. The normalized spacial score (nSPS) is 24.4. The lowest BCUT2D eigenvalue weighted by molar-refractivity contribution is -0.0424. The van der Waals surface area contributed by atoms with Crippen molar-refractivity contribution >= 4 is 5.82 Å². The zero-order valence-corrected chi connectivity index (χ0v) is 9.74. The molecule has 18 heavy (non-hydrogen) atoms. The van der Waals surface area contributed by atoms with Crippen molar-refractivity contribution < 1.29 is 23.0 Å². The van der Waals surface area contributed by atoms with E-state index in [0.29, 0.717) is 12.6 Å². The Bertz CT molecular complexity index is 445. The summed E-state index contributed by atoms with van der Waals surface area (Å²) in [6.45, 7) is 1.99. The van der Waals surface area contributed by atoms with Gasteiger partial charge in [-0.1, -0.05) is 0 Å². The first-order valence-corrected chi connectivity index (χ1v) is 5.54. The molecule has 2 atom stereocenters.